The lowest BCUT2D eigenvalue weighted by Crippen LogP contribution is -2.29. The summed E-state index contributed by atoms with van der Waals surface area (Å²) in [6, 6.07) is 11.8. The third-order valence-electron chi connectivity index (χ3n) is 3.79. The van der Waals surface area contributed by atoms with Gasteiger partial charge < -0.3 is 10.6 Å². The van der Waals surface area contributed by atoms with E-state index in [0.717, 1.165) is 11.3 Å². The van der Waals surface area contributed by atoms with Crippen LogP contribution in [0.5, 0.6) is 0 Å². The van der Waals surface area contributed by atoms with Crippen molar-refractivity contribution in [3.8, 4) is 0 Å². The van der Waals surface area contributed by atoms with Gasteiger partial charge in [-0.3, -0.25) is 4.98 Å². The number of rotatable bonds is 8. The lowest BCUT2D eigenvalue weighted by Gasteiger charge is -2.09. The second-order valence-corrected chi connectivity index (χ2v) is 8.07. The Morgan fingerprint density at radius 3 is 2.36 bits per heavy atom. The number of sulfonamides is 1. The molecule has 0 bridgehead atoms. The lowest BCUT2D eigenvalue weighted by atomic mass is 10.2. The Morgan fingerprint density at radius 2 is 1.68 bits per heavy atom. The Labute approximate surface area is 168 Å². The zero-order valence-corrected chi connectivity index (χ0v) is 16.6. The molecule has 0 aliphatic rings. The zero-order chi connectivity index (χ0) is 20.0. The van der Waals surface area contributed by atoms with Crippen LogP contribution in [0.1, 0.15) is 5.56 Å². The SMILES string of the molecule is Cc1ccc(S(=O)(=O)NCCNc2ccc(Nc3ccncc3)nn2)cc1Cl. The monoisotopic (exact) mass is 418 g/mol. The number of pyridine rings is 1. The molecule has 0 aliphatic carbocycles. The van der Waals surface area contributed by atoms with Gasteiger partial charge in [0.05, 0.1) is 4.90 Å². The molecule has 0 saturated carbocycles. The highest BCUT2D eigenvalue weighted by atomic mass is 35.5. The Kier molecular flexibility index (Phi) is 6.40. The van der Waals surface area contributed by atoms with Crippen LogP contribution in [0.25, 0.3) is 0 Å². The standard InChI is InChI=1S/C18H19ClN6O2S/c1-13-2-3-15(12-16(13)19)28(26,27)22-11-10-21-17-4-5-18(25-24-17)23-14-6-8-20-9-7-14/h2-9,12,22H,10-11H2,1H3,(H,21,24)(H,20,23,25). The number of hydrogen-bond donors (Lipinski definition) is 3. The molecular weight excluding hydrogens is 400 g/mol. The van der Waals surface area contributed by atoms with Crippen LogP contribution in [-0.4, -0.2) is 36.7 Å². The van der Waals surface area contributed by atoms with Gasteiger partial charge in [-0.2, -0.15) is 0 Å². The molecule has 0 aliphatic heterocycles. The summed E-state index contributed by atoms with van der Waals surface area (Å²) in [5, 5.41) is 14.7. The fourth-order valence-electron chi connectivity index (χ4n) is 2.28. The minimum Gasteiger partial charge on any atom is -0.367 e. The third kappa shape index (κ3) is 5.38. The van der Waals surface area contributed by atoms with Crippen molar-refractivity contribution in [1.82, 2.24) is 19.9 Å². The van der Waals surface area contributed by atoms with Gasteiger partial charge in [-0.25, -0.2) is 13.1 Å². The van der Waals surface area contributed by atoms with Crippen molar-refractivity contribution in [3.63, 3.8) is 0 Å². The molecule has 0 spiro atoms. The second-order valence-electron chi connectivity index (χ2n) is 5.90. The van der Waals surface area contributed by atoms with E-state index in [1.807, 2.05) is 19.1 Å². The summed E-state index contributed by atoms with van der Waals surface area (Å²) in [7, 11) is -3.62. The maximum absolute atomic E-state index is 12.3. The number of halogens is 1. The number of anilines is 3. The Bertz CT molecular complexity index is 1030. The van der Waals surface area contributed by atoms with Crippen LogP contribution in [0.15, 0.2) is 59.8 Å². The van der Waals surface area contributed by atoms with Crippen LogP contribution < -0.4 is 15.4 Å². The third-order valence-corrected chi connectivity index (χ3v) is 5.66. The van der Waals surface area contributed by atoms with Crippen molar-refractivity contribution in [1.29, 1.82) is 0 Å². The van der Waals surface area contributed by atoms with E-state index in [0.29, 0.717) is 23.2 Å². The summed E-state index contributed by atoms with van der Waals surface area (Å²) in [4.78, 5) is 4.08. The molecule has 0 saturated heterocycles. The maximum Gasteiger partial charge on any atom is 0.240 e. The van der Waals surface area contributed by atoms with E-state index in [4.69, 9.17) is 11.6 Å². The summed E-state index contributed by atoms with van der Waals surface area (Å²) >= 11 is 6.00. The van der Waals surface area contributed by atoms with Gasteiger partial charge in [-0.15, -0.1) is 10.2 Å². The summed E-state index contributed by atoms with van der Waals surface area (Å²) < 4.78 is 27.1. The number of aryl methyl sites for hydroxylation is 1. The minimum atomic E-state index is -3.62. The van der Waals surface area contributed by atoms with Crippen molar-refractivity contribution in [2.75, 3.05) is 23.7 Å². The van der Waals surface area contributed by atoms with Gasteiger partial charge in [0, 0.05) is 36.2 Å². The first-order chi connectivity index (χ1) is 13.4. The van der Waals surface area contributed by atoms with Crippen LogP contribution in [-0.2, 0) is 10.0 Å². The molecule has 10 heteroatoms. The summed E-state index contributed by atoms with van der Waals surface area (Å²) in [6.45, 7) is 2.35. The normalized spacial score (nSPS) is 11.2. The Hall–Kier alpha value is -2.75. The molecule has 146 valence electrons. The molecule has 2 heterocycles. The number of aromatic nitrogens is 3. The van der Waals surface area contributed by atoms with Crippen LogP contribution in [0.4, 0.5) is 17.3 Å². The Balaban J connectivity index is 1.49. The highest BCUT2D eigenvalue weighted by Crippen LogP contribution is 2.19. The van der Waals surface area contributed by atoms with Crippen LogP contribution in [0.2, 0.25) is 5.02 Å². The van der Waals surface area contributed by atoms with Crippen molar-refractivity contribution >= 4 is 38.9 Å². The molecule has 3 aromatic rings. The maximum atomic E-state index is 12.3. The Morgan fingerprint density at radius 1 is 0.964 bits per heavy atom. The molecule has 1 aromatic carbocycles. The van der Waals surface area contributed by atoms with Crippen LogP contribution in [0.3, 0.4) is 0 Å². The smallest absolute Gasteiger partial charge is 0.240 e. The fourth-order valence-corrected chi connectivity index (χ4v) is 3.58. The lowest BCUT2D eigenvalue weighted by molar-refractivity contribution is 0.583. The molecule has 3 N–H and O–H groups in total. The van der Waals surface area contributed by atoms with E-state index in [1.165, 1.54) is 12.1 Å². The van der Waals surface area contributed by atoms with E-state index < -0.39 is 10.0 Å². The molecule has 0 fully saturated rings. The molecule has 8 nitrogen and oxygen atoms in total. The zero-order valence-electron chi connectivity index (χ0n) is 15.1. The molecule has 0 atom stereocenters. The molecule has 0 amide bonds. The van der Waals surface area contributed by atoms with Gasteiger partial charge in [-0.1, -0.05) is 17.7 Å². The van der Waals surface area contributed by atoms with Crippen molar-refractivity contribution < 1.29 is 8.42 Å². The summed E-state index contributed by atoms with van der Waals surface area (Å²) in [5.41, 5.74) is 1.68. The fraction of sp³-hybridized carbons (Fsp3) is 0.167. The average Bonchev–Trinajstić information content (AvgIpc) is 2.69. The largest absolute Gasteiger partial charge is 0.367 e. The first kappa shape index (κ1) is 20.0. The highest BCUT2D eigenvalue weighted by molar-refractivity contribution is 7.89. The number of benzene rings is 1. The molecule has 3 rings (SSSR count). The van der Waals surface area contributed by atoms with E-state index in [1.54, 1.807) is 30.6 Å². The first-order valence-corrected chi connectivity index (χ1v) is 10.3. The van der Waals surface area contributed by atoms with Crippen molar-refractivity contribution in [3.05, 3.63) is 65.4 Å². The molecule has 0 radical (unpaired) electrons. The highest BCUT2D eigenvalue weighted by Gasteiger charge is 2.14. The van der Waals surface area contributed by atoms with E-state index >= 15 is 0 Å². The number of hydrogen-bond acceptors (Lipinski definition) is 7. The van der Waals surface area contributed by atoms with Gasteiger partial charge in [-0.05, 0) is 48.9 Å². The van der Waals surface area contributed by atoms with Gasteiger partial charge >= 0.3 is 0 Å². The van der Waals surface area contributed by atoms with Gasteiger partial charge in [0.25, 0.3) is 0 Å². The van der Waals surface area contributed by atoms with E-state index in [-0.39, 0.29) is 11.4 Å². The predicted octanol–water partition coefficient (Wildman–Crippen LogP) is 2.97. The van der Waals surface area contributed by atoms with E-state index in [9.17, 15) is 8.42 Å². The average molecular weight is 419 g/mol. The molecular formula is C18H19ClN6O2S. The predicted molar refractivity (Wildman–Crippen MR) is 109 cm³/mol. The van der Waals surface area contributed by atoms with Gasteiger partial charge in [0.1, 0.15) is 5.82 Å². The van der Waals surface area contributed by atoms with Crippen LogP contribution in [0, 0.1) is 6.92 Å². The molecule has 2 aromatic heterocycles. The van der Waals surface area contributed by atoms with E-state index in [2.05, 4.69) is 30.5 Å². The first-order valence-electron chi connectivity index (χ1n) is 8.44. The second kappa shape index (κ2) is 8.96. The van der Waals surface area contributed by atoms with Crippen molar-refractivity contribution in [2.45, 2.75) is 11.8 Å². The topological polar surface area (TPSA) is 109 Å². The summed E-state index contributed by atoms with van der Waals surface area (Å²) in [6.07, 6.45) is 3.36. The number of nitrogens with zero attached hydrogens (tertiary/aromatic N) is 3. The van der Waals surface area contributed by atoms with Gasteiger partial charge in [0.2, 0.25) is 10.0 Å². The quantitative estimate of drug-likeness (QED) is 0.482. The molecule has 28 heavy (non-hydrogen) atoms. The minimum absolute atomic E-state index is 0.134. The van der Waals surface area contributed by atoms with Gasteiger partial charge in [0.15, 0.2) is 5.82 Å². The summed E-state index contributed by atoms with van der Waals surface area (Å²) in [5.74, 6) is 1.13. The van der Waals surface area contributed by atoms with Crippen LogP contribution >= 0.6 is 11.6 Å². The molecule has 0 unspecified atom stereocenters. The van der Waals surface area contributed by atoms with Crippen molar-refractivity contribution in [2.24, 2.45) is 0 Å². The number of nitrogens with one attached hydrogen (secondary N) is 3.